The number of hydrogen-bond donors (Lipinski definition) is 1. The number of amides is 1. The van der Waals surface area contributed by atoms with Gasteiger partial charge in [-0.1, -0.05) is 22.0 Å². The van der Waals surface area contributed by atoms with E-state index in [-0.39, 0.29) is 24.3 Å². The van der Waals surface area contributed by atoms with Gasteiger partial charge in [-0.3, -0.25) is 9.69 Å². The molecule has 3 nitrogen and oxygen atoms in total. The highest BCUT2D eigenvalue weighted by molar-refractivity contribution is 9.10. The minimum atomic E-state index is -0.352. The average molecular weight is 317 g/mol. The molecule has 1 amide bonds. The molecule has 0 bridgehead atoms. The number of nitrogens with one attached hydrogen (secondary N) is 1. The van der Waals surface area contributed by atoms with E-state index in [1.54, 1.807) is 19.1 Å². The summed E-state index contributed by atoms with van der Waals surface area (Å²) >= 11 is 8.21. The van der Waals surface area contributed by atoms with Crippen molar-refractivity contribution in [2.75, 3.05) is 0 Å². The van der Waals surface area contributed by atoms with Crippen molar-refractivity contribution < 1.29 is 9.18 Å². The van der Waals surface area contributed by atoms with Crippen LogP contribution in [0.5, 0.6) is 0 Å². The van der Waals surface area contributed by atoms with E-state index < -0.39 is 0 Å². The molecular formula is C11H10BrFN2OS. The Morgan fingerprint density at radius 3 is 2.82 bits per heavy atom. The van der Waals surface area contributed by atoms with Crippen LogP contribution in [-0.4, -0.2) is 22.0 Å². The number of rotatable bonds is 2. The van der Waals surface area contributed by atoms with Gasteiger partial charge in [-0.15, -0.1) is 0 Å². The van der Waals surface area contributed by atoms with Crippen LogP contribution >= 0.6 is 28.1 Å². The van der Waals surface area contributed by atoms with Crippen molar-refractivity contribution in [1.29, 1.82) is 0 Å². The number of hydrogen-bond acceptors (Lipinski definition) is 2. The van der Waals surface area contributed by atoms with Crippen LogP contribution < -0.4 is 5.32 Å². The molecule has 1 aromatic rings. The first-order chi connectivity index (χ1) is 7.99. The zero-order valence-electron chi connectivity index (χ0n) is 9.04. The molecule has 1 aliphatic heterocycles. The third-order valence-corrected chi connectivity index (χ3v) is 3.40. The molecule has 90 valence electrons. The van der Waals surface area contributed by atoms with Gasteiger partial charge in [0.15, 0.2) is 5.11 Å². The topological polar surface area (TPSA) is 32.3 Å². The predicted molar refractivity (Wildman–Crippen MR) is 69.8 cm³/mol. The summed E-state index contributed by atoms with van der Waals surface area (Å²) in [4.78, 5) is 13.1. The summed E-state index contributed by atoms with van der Waals surface area (Å²) in [5.41, 5.74) is 0.444. The fraction of sp³-hybridized carbons (Fsp3) is 0.273. The highest BCUT2D eigenvalue weighted by Gasteiger charge is 2.32. The Kier molecular flexibility index (Phi) is 3.44. The van der Waals surface area contributed by atoms with Gasteiger partial charge in [0.25, 0.3) is 5.91 Å². The number of nitrogens with zero attached hydrogens (tertiary/aromatic N) is 1. The van der Waals surface area contributed by atoms with Crippen LogP contribution in [0.15, 0.2) is 22.7 Å². The minimum absolute atomic E-state index is 0.127. The van der Waals surface area contributed by atoms with Crippen LogP contribution in [0.4, 0.5) is 4.39 Å². The Balaban J connectivity index is 2.21. The van der Waals surface area contributed by atoms with Crippen molar-refractivity contribution in [2.24, 2.45) is 0 Å². The molecule has 1 atom stereocenters. The Morgan fingerprint density at radius 1 is 1.59 bits per heavy atom. The number of halogens is 2. The maximum absolute atomic E-state index is 13.6. The summed E-state index contributed by atoms with van der Waals surface area (Å²) in [5.74, 6) is -0.480. The van der Waals surface area contributed by atoms with Crippen LogP contribution in [0, 0.1) is 5.82 Å². The maximum Gasteiger partial charge on any atom is 0.251 e. The van der Waals surface area contributed by atoms with Gasteiger partial charge in [-0.25, -0.2) is 4.39 Å². The zero-order chi connectivity index (χ0) is 12.6. The molecule has 0 aliphatic carbocycles. The van der Waals surface area contributed by atoms with Crippen molar-refractivity contribution in [3.8, 4) is 0 Å². The lowest BCUT2D eigenvalue weighted by Gasteiger charge is -2.15. The summed E-state index contributed by atoms with van der Waals surface area (Å²) in [6.45, 7) is 1.89. The molecule has 1 aromatic carbocycles. The van der Waals surface area contributed by atoms with E-state index in [0.29, 0.717) is 15.1 Å². The second-order valence-corrected chi connectivity index (χ2v) is 5.13. The van der Waals surface area contributed by atoms with Crippen molar-refractivity contribution in [3.63, 3.8) is 0 Å². The molecule has 0 saturated carbocycles. The molecule has 0 aromatic heterocycles. The van der Waals surface area contributed by atoms with E-state index >= 15 is 0 Å². The molecule has 0 unspecified atom stereocenters. The van der Waals surface area contributed by atoms with Gasteiger partial charge in [0.1, 0.15) is 11.9 Å². The highest BCUT2D eigenvalue weighted by atomic mass is 79.9. The third-order valence-electron chi connectivity index (χ3n) is 2.57. The van der Waals surface area contributed by atoms with Gasteiger partial charge in [0, 0.05) is 10.0 Å². The summed E-state index contributed by atoms with van der Waals surface area (Å²) < 4.78 is 14.3. The molecule has 1 aliphatic rings. The van der Waals surface area contributed by atoms with Crippen LogP contribution in [0.2, 0.25) is 0 Å². The smallest absolute Gasteiger partial charge is 0.251 e. The SMILES string of the molecule is C[C@H]1NC(=S)N(Cc2ccc(Br)cc2F)C1=O. The molecule has 6 heteroatoms. The van der Waals surface area contributed by atoms with E-state index in [4.69, 9.17) is 12.2 Å². The lowest BCUT2D eigenvalue weighted by molar-refractivity contribution is -0.127. The van der Waals surface area contributed by atoms with Crippen molar-refractivity contribution >= 4 is 39.2 Å². The summed E-state index contributed by atoms with van der Waals surface area (Å²) in [6.07, 6.45) is 0. The van der Waals surface area contributed by atoms with E-state index in [0.717, 1.165) is 0 Å². The first kappa shape index (κ1) is 12.4. The monoisotopic (exact) mass is 316 g/mol. The second kappa shape index (κ2) is 4.70. The molecule has 1 saturated heterocycles. The Bertz CT molecular complexity index is 494. The molecule has 1 heterocycles. The van der Waals surface area contributed by atoms with Crippen molar-refractivity contribution in [1.82, 2.24) is 10.2 Å². The minimum Gasteiger partial charge on any atom is -0.351 e. The molecule has 17 heavy (non-hydrogen) atoms. The number of thiocarbonyl (C=S) groups is 1. The van der Waals surface area contributed by atoms with Crippen molar-refractivity contribution in [3.05, 3.63) is 34.1 Å². The van der Waals surface area contributed by atoms with Crippen LogP contribution in [0.1, 0.15) is 12.5 Å². The Hall–Kier alpha value is -1.01. The lowest BCUT2D eigenvalue weighted by Crippen LogP contribution is -2.30. The zero-order valence-corrected chi connectivity index (χ0v) is 11.4. The van der Waals surface area contributed by atoms with Crippen LogP contribution in [-0.2, 0) is 11.3 Å². The molecule has 1 N–H and O–H groups in total. The quantitative estimate of drug-likeness (QED) is 0.849. The van der Waals surface area contributed by atoms with E-state index in [1.165, 1.54) is 11.0 Å². The largest absolute Gasteiger partial charge is 0.351 e. The van der Waals surface area contributed by atoms with Gasteiger partial charge in [-0.05, 0) is 31.3 Å². The standard InChI is InChI=1S/C11H10BrFN2OS/c1-6-10(16)15(11(17)14-6)5-7-2-3-8(12)4-9(7)13/h2-4,6H,5H2,1H3,(H,14,17)/t6-/m1/s1. The summed E-state index contributed by atoms with van der Waals surface area (Å²) in [6, 6.07) is 4.41. The summed E-state index contributed by atoms with van der Waals surface area (Å²) in [7, 11) is 0. The first-order valence-electron chi connectivity index (χ1n) is 5.05. The van der Waals surface area contributed by atoms with Crippen LogP contribution in [0.3, 0.4) is 0 Å². The predicted octanol–water partition coefficient (Wildman–Crippen LogP) is 2.19. The number of carbonyl (C=O) groups excluding carboxylic acids is 1. The lowest BCUT2D eigenvalue weighted by atomic mass is 10.2. The fourth-order valence-electron chi connectivity index (χ4n) is 1.63. The van der Waals surface area contributed by atoms with Gasteiger partial charge < -0.3 is 5.32 Å². The maximum atomic E-state index is 13.6. The molecule has 2 rings (SSSR count). The first-order valence-corrected chi connectivity index (χ1v) is 6.25. The molecule has 0 radical (unpaired) electrons. The van der Waals surface area contributed by atoms with E-state index in [1.807, 2.05) is 0 Å². The van der Waals surface area contributed by atoms with Gasteiger partial charge in [0.05, 0.1) is 6.54 Å². The summed E-state index contributed by atoms with van der Waals surface area (Å²) in [5, 5.41) is 3.20. The average Bonchev–Trinajstić information content (AvgIpc) is 2.48. The van der Waals surface area contributed by atoms with Crippen LogP contribution in [0.25, 0.3) is 0 Å². The molecule has 1 fully saturated rings. The van der Waals surface area contributed by atoms with E-state index in [9.17, 15) is 9.18 Å². The number of carbonyl (C=O) groups is 1. The van der Waals surface area contributed by atoms with Crippen molar-refractivity contribution in [2.45, 2.75) is 19.5 Å². The third kappa shape index (κ3) is 2.47. The van der Waals surface area contributed by atoms with Gasteiger partial charge >= 0.3 is 0 Å². The fourth-order valence-corrected chi connectivity index (χ4v) is 2.29. The molecule has 0 spiro atoms. The Labute approximate surface area is 112 Å². The van der Waals surface area contributed by atoms with E-state index in [2.05, 4.69) is 21.2 Å². The van der Waals surface area contributed by atoms with Gasteiger partial charge in [-0.2, -0.15) is 0 Å². The number of benzene rings is 1. The second-order valence-electron chi connectivity index (χ2n) is 3.83. The van der Waals surface area contributed by atoms with Gasteiger partial charge in [0.2, 0.25) is 0 Å². The molecular weight excluding hydrogens is 307 g/mol. The highest BCUT2D eigenvalue weighted by Crippen LogP contribution is 2.18. The Morgan fingerprint density at radius 2 is 2.29 bits per heavy atom. The normalized spacial score (nSPS) is 19.7.